The van der Waals surface area contributed by atoms with Crippen molar-refractivity contribution in [1.29, 1.82) is 0 Å². The van der Waals surface area contributed by atoms with E-state index >= 15 is 0 Å². The zero-order valence-corrected chi connectivity index (χ0v) is 17.1. The van der Waals surface area contributed by atoms with Crippen molar-refractivity contribution in [2.75, 3.05) is 43.4 Å². The summed E-state index contributed by atoms with van der Waals surface area (Å²) in [7, 11) is -3.56. The van der Waals surface area contributed by atoms with Crippen molar-refractivity contribution in [3.05, 3.63) is 65.2 Å². The van der Waals surface area contributed by atoms with E-state index in [0.717, 1.165) is 16.2 Å². The predicted molar refractivity (Wildman–Crippen MR) is 111 cm³/mol. The van der Waals surface area contributed by atoms with Gasteiger partial charge in [-0.3, -0.25) is 14.5 Å². The van der Waals surface area contributed by atoms with E-state index in [0.29, 0.717) is 37.3 Å². The first kappa shape index (κ1) is 19.6. The molecule has 0 aromatic heterocycles. The lowest BCUT2D eigenvalue weighted by atomic mass is 10.1. The molecule has 0 radical (unpaired) electrons. The predicted octanol–water partition coefficient (Wildman–Crippen LogP) is 1.74. The second-order valence-electron chi connectivity index (χ2n) is 7.35. The van der Waals surface area contributed by atoms with Gasteiger partial charge in [0.05, 0.1) is 16.9 Å². The number of piperazine rings is 1. The molecule has 0 aliphatic carbocycles. The van der Waals surface area contributed by atoms with Crippen LogP contribution < -0.4 is 4.90 Å². The molecule has 2 heterocycles. The van der Waals surface area contributed by atoms with Crippen LogP contribution in [0.2, 0.25) is 0 Å². The van der Waals surface area contributed by atoms with Crippen LogP contribution in [-0.4, -0.2) is 67.9 Å². The molecule has 0 atom stereocenters. The highest BCUT2D eigenvalue weighted by molar-refractivity contribution is 7.89. The quantitative estimate of drug-likeness (QED) is 0.698. The van der Waals surface area contributed by atoms with E-state index < -0.39 is 21.8 Å². The summed E-state index contributed by atoms with van der Waals surface area (Å²) in [6.07, 6.45) is 0. The second-order valence-corrected chi connectivity index (χ2v) is 9.44. The summed E-state index contributed by atoms with van der Waals surface area (Å²) in [5.41, 5.74) is 2.65. The monoisotopic (exact) mass is 413 g/mol. The van der Waals surface area contributed by atoms with Gasteiger partial charge in [0.15, 0.2) is 0 Å². The van der Waals surface area contributed by atoms with Gasteiger partial charge in [-0.05, 0) is 31.2 Å². The van der Waals surface area contributed by atoms with E-state index in [1.807, 2.05) is 37.3 Å². The van der Waals surface area contributed by atoms with Gasteiger partial charge in [0.1, 0.15) is 0 Å². The fourth-order valence-corrected chi connectivity index (χ4v) is 5.20. The molecular formula is C21H23N3O4S. The topological polar surface area (TPSA) is 78.0 Å². The molecule has 2 aromatic rings. The van der Waals surface area contributed by atoms with Gasteiger partial charge in [0.25, 0.3) is 11.8 Å². The van der Waals surface area contributed by atoms with Gasteiger partial charge in [-0.2, -0.15) is 4.31 Å². The fraction of sp³-hybridized carbons (Fsp3) is 0.333. The van der Waals surface area contributed by atoms with E-state index in [1.165, 1.54) is 4.31 Å². The number of imide groups is 1. The number of fused-ring (bicyclic) bond motifs is 1. The first-order valence-corrected chi connectivity index (χ1v) is 11.2. The Bertz CT molecular complexity index is 1040. The van der Waals surface area contributed by atoms with Crippen molar-refractivity contribution in [3.8, 4) is 0 Å². The number of hydrogen-bond acceptors (Lipinski definition) is 5. The Morgan fingerprint density at radius 2 is 1.52 bits per heavy atom. The molecule has 1 fully saturated rings. The number of carbonyl (C=O) groups is 2. The number of anilines is 1. The first-order valence-electron chi connectivity index (χ1n) is 9.61. The van der Waals surface area contributed by atoms with Crippen LogP contribution in [-0.2, 0) is 10.0 Å². The lowest BCUT2D eigenvalue weighted by Crippen LogP contribution is -2.50. The fourth-order valence-electron chi connectivity index (χ4n) is 3.81. The lowest BCUT2D eigenvalue weighted by molar-refractivity contribution is 0.0663. The number of aryl methyl sites for hydroxylation is 1. The smallest absolute Gasteiger partial charge is 0.261 e. The van der Waals surface area contributed by atoms with Crippen molar-refractivity contribution in [2.45, 2.75) is 6.92 Å². The molecule has 0 unspecified atom stereocenters. The summed E-state index contributed by atoms with van der Waals surface area (Å²) < 4.78 is 27.0. The van der Waals surface area contributed by atoms with Crippen molar-refractivity contribution in [2.24, 2.45) is 0 Å². The van der Waals surface area contributed by atoms with Crippen molar-refractivity contribution in [3.63, 3.8) is 0 Å². The molecule has 1 saturated heterocycles. The lowest BCUT2D eigenvalue weighted by Gasteiger charge is -2.35. The number of amides is 2. The maximum atomic E-state index is 12.8. The van der Waals surface area contributed by atoms with Gasteiger partial charge < -0.3 is 4.90 Å². The van der Waals surface area contributed by atoms with Crippen LogP contribution in [0.5, 0.6) is 0 Å². The minimum atomic E-state index is -3.56. The van der Waals surface area contributed by atoms with E-state index in [4.69, 9.17) is 0 Å². The molecule has 2 amide bonds. The third-order valence-corrected chi connectivity index (χ3v) is 7.30. The molecule has 0 spiro atoms. The summed E-state index contributed by atoms with van der Waals surface area (Å²) in [4.78, 5) is 28.2. The molecule has 8 heteroatoms. The van der Waals surface area contributed by atoms with Crippen molar-refractivity contribution in [1.82, 2.24) is 9.21 Å². The van der Waals surface area contributed by atoms with E-state index in [1.54, 1.807) is 18.2 Å². The molecule has 152 valence electrons. The maximum Gasteiger partial charge on any atom is 0.261 e. The molecule has 7 nitrogen and oxygen atoms in total. The first-order chi connectivity index (χ1) is 13.9. The molecule has 4 rings (SSSR count). The summed E-state index contributed by atoms with van der Waals surface area (Å²) in [5.74, 6) is -1.10. The number of rotatable bonds is 5. The highest BCUT2D eigenvalue weighted by Crippen LogP contribution is 2.24. The second kappa shape index (κ2) is 7.61. The van der Waals surface area contributed by atoms with E-state index in [2.05, 4.69) is 4.90 Å². The molecule has 0 N–H and O–H groups in total. The highest BCUT2D eigenvalue weighted by atomic mass is 32.2. The van der Waals surface area contributed by atoms with Crippen LogP contribution in [0.25, 0.3) is 0 Å². The zero-order chi connectivity index (χ0) is 20.6. The maximum absolute atomic E-state index is 12.8. The molecule has 2 aromatic carbocycles. The number of sulfonamides is 1. The molecule has 0 bridgehead atoms. The number of benzene rings is 2. The average Bonchev–Trinajstić information content (AvgIpc) is 2.96. The minimum Gasteiger partial charge on any atom is -0.369 e. The zero-order valence-electron chi connectivity index (χ0n) is 16.2. The van der Waals surface area contributed by atoms with Crippen LogP contribution in [0.15, 0.2) is 48.5 Å². The molecule has 2 aliphatic rings. The molecule has 2 aliphatic heterocycles. The third kappa shape index (κ3) is 3.77. The van der Waals surface area contributed by atoms with E-state index in [9.17, 15) is 18.0 Å². The summed E-state index contributed by atoms with van der Waals surface area (Å²) >= 11 is 0. The summed E-state index contributed by atoms with van der Waals surface area (Å²) in [6.45, 7) is 3.70. The van der Waals surface area contributed by atoms with Gasteiger partial charge in [-0.15, -0.1) is 0 Å². The Balaban J connectivity index is 1.38. The Kier molecular flexibility index (Phi) is 5.14. The van der Waals surface area contributed by atoms with Crippen LogP contribution in [0.1, 0.15) is 26.3 Å². The van der Waals surface area contributed by atoms with Gasteiger partial charge >= 0.3 is 0 Å². The summed E-state index contributed by atoms with van der Waals surface area (Å²) in [5, 5.41) is 0. The Morgan fingerprint density at radius 3 is 2.21 bits per heavy atom. The number of nitrogens with zero attached hydrogens (tertiary/aromatic N) is 3. The van der Waals surface area contributed by atoms with Crippen molar-refractivity contribution < 1.29 is 18.0 Å². The number of hydrogen-bond donors (Lipinski definition) is 0. The van der Waals surface area contributed by atoms with Crippen LogP contribution in [0.3, 0.4) is 0 Å². The normalized spacial score (nSPS) is 17.7. The number of carbonyl (C=O) groups excluding carboxylic acids is 2. The van der Waals surface area contributed by atoms with Gasteiger partial charge in [-0.1, -0.05) is 29.8 Å². The van der Waals surface area contributed by atoms with Gasteiger partial charge in [0.2, 0.25) is 10.0 Å². The number of para-hydroxylation sites is 1. The van der Waals surface area contributed by atoms with E-state index in [-0.39, 0.29) is 12.3 Å². The Morgan fingerprint density at radius 1 is 0.862 bits per heavy atom. The van der Waals surface area contributed by atoms with Crippen LogP contribution in [0, 0.1) is 6.92 Å². The summed E-state index contributed by atoms with van der Waals surface area (Å²) in [6, 6.07) is 15.0. The minimum absolute atomic E-state index is 0.132. The third-order valence-electron chi connectivity index (χ3n) is 5.45. The SMILES string of the molecule is Cc1ccc2c(c1)C(=O)N(CCS(=O)(=O)N1CCN(c3ccccc3)CC1)C2=O. The van der Waals surface area contributed by atoms with Gasteiger partial charge in [-0.25, -0.2) is 8.42 Å². The van der Waals surface area contributed by atoms with Crippen molar-refractivity contribution >= 4 is 27.5 Å². The Hall–Kier alpha value is -2.71. The highest BCUT2D eigenvalue weighted by Gasteiger charge is 2.37. The largest absolute Gasteiger partial charge is 0.369 e. The average molecular weight is 413 g/mol. The van der Waals surface area contributed by atoms with Gasteiger partial charge in [0, 0.05) is 38.4 Å². The molecule has 0 saturated carbocycles. The molecular weight excluding hydrogens is 390 g/mol. The van der Waals surface area contributed by atoms with Crippen LogP contribution in [0.4, 0.5) is 5.69 Å². The Labute approximate surface area is 170 Å². The molecule has 29 heavy (non-hydrogen) atoms. The standard InChI is InChI=1S/C21H23N3O4S/c1-16-7-8-18-19(15-16)21(26)24(20(18)25)13-14-29(27,28)23-11-9-22(10-12-23)17-5-3-2-4-6-17/h2-8,15H,9-14H2,1H3. The van der Waals surface area contributed by atoms with Crippen LogP contribution >= 0.6 is 0 Å².